The van der Waals surface area contributed by atoms with Gasteiger partial charge < -0.3 is 19.6 Å². The van der Waals surface area contributed by atoms with Crippen molar-refractivity contribution in [2.45, 2.75) is 26.5 Å². The molecule has 0 bridgehead atoms. The van der Waals surface area contributed by atoms with Gasteiger partial charge in [-0.15, -0.1) is 0 Å². The normalized spacial score (nSPS) is 12.7. The second-order valence-electron chi connectivity index (χ2n) is 7.33. The van der Waals surface area contributed by atoms with Gasteiger partial charge in [0.25, 0.3) is 0 Å². The van der Waals surface area contributed by atoms with Gasteiger partial charge in [0, 0.05) is 13.0 Å². The molecular weight excluding hydrogens is 414 g/mol. The Morgan fingerprint density at radius 1 is 1.06 bits per heavy atom. The van der Waals surface area contributed by atoms with E-state index in [1.807, 2.05) is 55.5 Å². The maximum atomic E-state index is 12.2. The Labute approximate surface area is 183 Å². The quantitative estimate of drug-likeness (QED) is 0.495. The highest BCUT2D eigenvalue weighted by Crippen LogP contribution is 2.26. The number of nitrogens with zero attached hydrogens (tertiary/aromatic N) is 3. The summed E-state index contributed by atoms with van der Waals surface area (Å²) in [6, 6.07) is 15.5. The minimum atomic E-state index is -1.18. The second-order valence-corrected chi connectivity index (χ2v) is 7.33. The first-order valence-electron chi connectivity index (χ1n) is 10.0. The molecule has 32 heavy (non-hydrogen) atoms. The number of fused-ring (bicyclic) bond motifs is 1. The fraction of sp³-hybridized carbons (Fsp3) is 0.217. The molecule has 0 unspecified atom stereocenters. The van der Waals surface area contributed by atoms with Crippen molar-refractivity contribution in [2.24, 2.45) is 0 Å². The van der Waals surface area contributed by atoms with E-state index < -0.39 is 18.0 Å². The summed E-state index contributed by atoms with van der Waals surface area (Å²) in [6.45, 7) is 2.20. The van der Waals surface area contributed by atoms with E-state index in [1.54, 1.807) is 0 Å². The van der Waals surface area contributed by atoms with Gasteiger partial charge in [0.2, 0.25) is 0 Å². The molecule has 1 aliphatic rings. The summed E-state index contributed by atoms with van der Waals surface area (Å²) in [5.41, 5.74) is 4.82. The van der Waals surface area contributed by atoms with Crippen molar-refractivity contribution in [1.29, 1.82) is 0 Å². The van der Waals surface area contributed by atoms with Gasteiger partial charge in [0.1, 0.15) is 12.9 Å². The zero-order valence-corrected chi connectivity index (χ0v) is 17.4. The number of imidazole rings is 1. The number of carboxylic acid groups (broad SMARTS) is 1. The van der Waals surface area contributed by atoms with Crippen LogP contribution in [0.4, 0.5) is 4.79 Å². The van der Waals surface area contributed by atoms with Crippen LogP contribution in [0.5, 0.6) is 0 Å². The molecule has 0 saturated carbocycles. The van der Waals surface area contributed by atoms with Gasteiger partial charge >= 0.3 is 18.0 Å². The van der Waals surface area contributed by atoms with Crippen LogP contribution in [0.2, 0.25) is 0 Å². The number of amides is 1. The molecular formula is C23H21N3O6. The van der Waals surface area contributed by atoms with Crippen molar-refractivity contribution in [3.8, 4) is 11.1 Å². The molecule has 1 amide bonds. The molecule has 0 saturated heterocycles. The van der Waals surface area contributed by atoms with Crippen LogP contribution >= 0.6 is 0 Å². The predicted octanol–water partition coefficient (Wildman–Crippen LogP) is 2.59. The first-order valence-corrected chi connectivity index (χ1v) is 10.0. The second kappa shape index (κ2) is 8.93. The summed E-state index contributed by atoms with van der Waals surface area (Å²) in [5.74, 6) is -2.30. The standard InChI is InChI=1S/C23H21N3O6/c1-15-17(8-5-9-18(15)16-6-3-2-4-7-16)13-31-21(27)22(28)32-26-14-24-19-12-25(23(29)30)11-10-20(19)26/h2-9,14H,10-13H2,1H3,(H,29,30). The molecule has 1 N–H and O–H groups in total. The van der Waals surface area contributed by atoms with E-state index >= 15 is 0 Å². The third-order valence-corrected chi connectivity index (χ3v) is 5.38. The third kappa shape index (κ3) is 4.31. The Balaban J connectivity index is 1.39. The van der Waals surface area contributed by atoms with E-state index in [9.17, 15) is 14.4 Å². The lowest BCUT2D eigenvalue weighted by Gasteiger charge is -2.23. The van der Waals surface area contributed by atoms with E-state index in [4.69, 9.17) is 14.7 Å². The van der Waals surface area contributed by atoms with Crippen LogP contribution in [0.25, 0.3) is 11.1 Å². The summed E-state index contributed by atoms with van der Waals surface area (Å²) in [5, 5.41) is 9.09. The first-order chi connectivity index (χ1) is 15.4. The summed E-state index contributed by atoms with van der Waals surface area (Å²) < 4.78 is 6.27. The Bertz CT molecular complexity index is 1170. The summed E-state index contributed by atoms with van der Waals surface area (Å²) in [7, 11) is 0. The molecule has 0 radical (unpaired) electrons. The highest BCUT2D eigenvalue weighted by atomic mass is 16.7. The predicted molar refractivity (Wildman–Crippen MR) is 112 cm³/mol. The van der Waals surface area contributed by atoms with E-state index in [-0.39, 0.29) is 19.7 Å². The van der Waals surface area contributed by atoms with Crippen molar-refractivity contribution < 1.29 is 29.1 Å². The Morgan fingerprint density at radius 3 is 2.59 bits per heavy atom. The van der Waals surface area contributed by atoms with Crippen LogP contribution in [0, 0.1) is 6.92 Å². The fourth-order valence-corrected chi connectivity index (χ4v) is 3.62. The van der Waals surface area contributed by atoms with Crippen molar-refractivity contribution in [2.75, 3.05) is 6.54 Å². The Hall–Kier alpha value is -4.14. The third-order valence-electron chi connectivity index (χ3n) is 5.38. The molecule has 0 fully saturated rings. The van der Waals surface area contributed by atoms with E-state index in [1.165, 1.54) is 11.2 Å². The number of aromatic nitrogens is 2. The maximum Gasteiger partial charge on any atom is 0.442 e. The molecule has 1 aromatic heterocycles. The SMILES string of the molecule is Cc1c(COC(=O)C(=O)On2cnc3c2CCN(C(=O)O)C3)cccc1-c1ccccc1. The van der Waals surface area contributed by atoms with Crippen LogP contribution < -0.4 is 4.84 Å². The lowest BCUT2D eigenvalue weighted by Crippen LogP contribution is -2.36. The van der Waals surface area contributed by atoms with Gasteiger partial charge in [0.05, 0.1) is 17.9 Å². The lowest BCUT2D eigenvalue weighted by atomic mass is 9.97. The Morgan fingerprint density at radius 2 is 1.84 bits per heavy atom. The molecule has 1 aliphatic heterocycles. The van der Waals surface area contributed by atoms with Crippen molar-refractivity contribution in [3.63, 3.8) is 0 Å². The van der Waals surface area contributed by atoms with Gasteiger partial charge in [-0.3, -0.25) is 0 Å². The number of hydrogen-bond acceptors (Lipinski definition) is 6. The van der Waals surface area contributed by atoms with E-state index in [0.717, 1.165) is 27.0 Å². The summed E-state index contributed by atoms with van der Waals surface area (Å²) >= 11 is 0. The monoisotopic (exact) mass is 435 g/mol. The van der Waals surface area contributed by atoms with Gasteiger partial charge in [-0.2, -0.15) is 4.73 Å². The lowest BCUT2D eigenvalue weighted by molar-refractivity contribution is -0.168. The van der Waals surface area contributed by atoms with Gasteiger partial charge in [0.15, 0.2) is 0 Å². The molecule has 0 aliphatic carbocycles. The van der Waals surface area contributed by atoms with Crippen molar-refractivity contribution >= 4 is 18.0 Å². The number of benzene rings is 2. The van der Waals surface area contributed by atoms with Crippen LogP contribution in [0.15, 0.2) is 54.9 Å². The Kier molecular flexibility index (Phi) is 5.89. The number of carbonyl (C=O) groups excluding carboxylic acids is 2. The molecule has 9 heteroatoms. The topological polar surface area (TPSA) is 111 Å². The van der Waals surface area contributed by atoms with Crippen LogP contribution in [-0.4, -0.2) is 44.3 Å². The largest absolute Gasteiger partial charge is 0.465 e. The molecule has 2 heterocycles. The number of hydrogen-bond donors (Lipinski definition) is 1. The van der Waals surface area contributed by atoms with Crippen LogP contribution in [0.1, 0.15) is 22.5 Å². The average Bonchev–Trinajstić information content (AvgIpc) is 3.20. The van der Waals surface area contributed by atoms with Crippen molar-refractivity contribution in [3.05, 3.63) is 77.4 Å². The molecule has 0 spiro atoms. The number of rotatable bonds is 4. The minimum Gasteiger partial charge on any atom is -0.465 e. The average molecular weight is 435 g/mol. The molecule has 3 aromatic rings. The van der Waals surface area contributed by atoms with Crippen molar-refractivity contribution in [1.82, 2.24) is 14.6 Å². The maximum absolute atomic E-state index is 12.2. The zero-order chi connectivity index (χ0) is 22.7. The molecule has 4 rings (SSSR count). The number of esters is 1. The van der Waals surface area contributed by atoms with Gasteiger partial charge in [-0.1, -0.05) is 48.5 Å². The summed E-state index contributed by atoms with van der Waals surface area (Å²) in [4.78, 5) is 45.9. The van der Waals surface area contributed by atoms with Gasteiger partial charge in [-0.05, 0) is 29.2 Å². The first kappa shape index (κ1) is 21.1. The highest BCUT2D eigenvalue weighted by Gasteiger charge is 2.27. The molecule has 0 atom stereocenters. The van der Waals surface area contributed by atoms with Gasteiger partial charge in [-0.25, -0.2) is 19.4 Å². The summed E-state index contributed by atoms with van der Waals surface area (Å²) in [6.07, 6.45) is 0.516. The molecule has 164 valence electrons. The van der Waals surface area contributed by atoms with Crippen LogP contribution in [0.3, 0.4) is 0 Å². The van der Waals surface area contributed by atoms with E-state index in [0.29, 0.717) is 17.8 Å². The molecule has 2 aromatic carbocycles. The number of carbonyl (C=O) groups is 3. The fourth-order valence-electron chi connectivity index (χ4n) is 3.62. The number of ether oxygens (including phenoxy) is 1. The van der Waals surface area contributed by atoms with Crippen LogP contribution in [-0.2, 0) is 33.9 Å². The van der Waals surface area contributed by atoms with E-state index in [2.05, 4.69) is 4.98 Å². The highest BCUT2D eigenvalue weighted by molar-refractivity contribution is 6.29. The smallest absolute Gasteiger partial charge is 0.442 e. The zero-order valence-electron chi connectivity index (χ0n) is 17.4. The molecule has 9 nitrogen and oxygen atoms in total. The minimum absolute atomic E-state index is 0.0734.